The van der Waals surface area contributed by atoms with Gasteiger partial charge < -0.3 is 29.3 Å². The monoisotopic (exact) mass is 768 g/mol. The number of rotatable bonds is 8. The van der Waals surface area contributed by atoms with Gasteiger partial charge in [-0.2, -0.15) is 0 Å². The van der Waals surface area contributed by atoms with E-state index in [1.807, 2.05) is 34.1 Å². The molecule has 0 saturated carbocycles. The highest BCUT2D eigenvalue weighted by Gasteiger charge is 2.33. The smallest absolute Gasteiger partial charge is 0.318 e. The first-order chi connectivity index (χ1) is 23.5. The van der Waals surface area contributed by atoms with Crippen molar-refractivity contribution in [1.82, 2.24) is 25.3 Å². The summed E-state index contributed by atoms with van der Waals surface area (Å²) < 4.78 is 8.00. The van der Waals surface area contributed by atoms with Gasteiger partial charge in [-0.15, -0.1) is 0 Å². The molecule has 258 valence electrons. The number of piperazine rings is 1. The van der Waals surface area contributed by atoms with Crippen LogP contribution < -0.4 is 19.5 Å². The number of halogens is 1. The molecule has 0 radical (unpaired) electrons. The summed E-state index contributed by atoms with van der Waals surface area (Å²) in [6.07, 6.45) is 8.28. The van der Waals surface area contributed by atoms with Crippen molar-refractivity contribution in [2.45, 2.75) is 69.9 Å². The maximum atomic E-state index is 14.0. The van der Waals surface area contributed by atoms with Gasteiger partial charge in [0.25, 0.3) is 0 Å². The molecule has 3 saturated heterocycles. The second-order valence-corrected chi connectivity index (χ2v) is 15.6. The van der Waals surface area contributed by atoms with Crippen LogP contribution >= 0.6 is 21.3 Å². The lowest BCUT2D eigenvalue weighted by molar-refractivity contribution is -0.135. The molecule has 48 heavy (non-hydrogen) atoms. The van der Waals surface area contributed by atoms with E-state index in [1.54, 1.807) is 0 Å². The summed E-state index contributed by atoms with van der Waals surface area (Å²) in [4.78, 5) is 47.0. The van der Waals surface area contributed by atoms with Crippen LogP contribution in [-0.2, 0) is 22.4 Å². The van der Waals surface area contributed by atoms with Gasteiger partial charge in [-0.3, -0.25) is 14.5 Å². The lowest BCUT2D eigenvalue weighted by Gasteiger charge is -2.42. The van der Waals surface area contributed by atoms with E-state index >= 15 is 0 Å². The average Bonchev–Trinajstić information content (AvgIpc) is 3.53. The number of amides is 4. The predicted octanol–water partition coefficient (Wildman–Crippen LogP) is 5.02. The van der Waals surface area contributed by atoms with E-state index < -0.39 is 27.3 Å². The Labute approximate surface area is 294 Å². The van der Waals surface area contributed by atoms with Crippen molar-refractivity contribution in [3.8, 4) is 0 Å². The quantitative estimate of drug-likeness (QED) is 0.221. The average molecular weight is 769 g/mol. The molecule has 5 aliphatic rings. The van der Waals surface area contributed by atoms with Crippen LogP contribution in [0.15, 0.2) is 45.6 Å². The minimum Gasteiger partial charge on any atom is -0.338 e. The van der Waals surface area contributed by atoms with Crippen LogP contribution in [0.4, 0.5) is 21.9 Å². The van der Waals surface area contributed by atoms with E-state index in [9.17, 15) is 14.4 Å². The number of carbonyl (C=O) groups is 3. The summed E-state index contributed by atoms with van der Waals surface area (Å²) >= 11 is -0.409. The topological polar surface area (TPSA) is 121 Å². The lowest BCUT2D eigenvalue weighted by Crippen LogP contribution is -2.59. The van der Waals surface area contributed by atoms with Crippen LogP contribution in [0.5, 0.6) is 0 Å². The second kappa shape index (κ2) is 15.6. The summed E-state index contributed by atoms with van der Waals surface area (Å²) in [5, 5.41) is 9.76. The SMILES string of the molecule is O=C1Nc2ccccc2CC[C@H]1CCC1CCN(C(=O)NC(Cc2ccc3c(c2)N=IN3)C(=O)N2CCN(C3CCNCC3)CC2)CC1. The Morgan fingerprint density at radius 1 is 0.896 bits per heavy atom. The molecule has 7 rings (SSSR count). The first kappa shape index (κ1) is 33.4. The molecular weight excluding hydrogens is 719 g/mol. The first-order valence-electron chi connectivity index (χ1n) is 17.9. The zero-order valence-corrected chi connectivity index (χ0v) is 29.9. The molecular formula is C36H49IN8O3. The normalized spacial score (nSPS) is 22.8. The third-order valence-electron chi connectivity index (χ3n) is 11.1. The molecule has 0 spiro atoms. The predicted molar refractivity (Wildman–Crippen MR) is 197 cm³/mol. The number of piperidine rings is 2. The highest BCUT2D eigenvalue weighted by atomic mass is 127. The molecule has 0 aromatic heterocycles. The number of urea groups is 1. The van der Waals surface area contributed by atoms with E-state index in [0.717, 1.165) is 100 Å². The number of hydrogen-bond acceptors (Lipinski definition) is 7. The maximum Gasteiger partial charge on any atom is 0.318 e. The van der Waals surface area contributed by atoms with Crippen molar-refractivity contribution < 1.29 is 14.4 Å². The zero-order chi connectivity index (χ0) is 32.9. The first-order valence-corrected chi connectivity index (χ1v) is 20.0. The van der Waals surface area contributed by atoms with Crippen LogP contribution in [0.25, 0.3) is 0 Å². The number of fused-ring (bicyclic) bond motifs is 2. The van der Waals surface area contributed by atoms with Crippen LogP contribution in [0.2, 0.25) is 0 Å². The Balaban J connectivity index is 0.930. The number of aryl methyl sites for hydroxylation is 1. The molecule has 2 aromatic rings. The zero-order valence-electron chi connectivity index (χ0n) is 27.8. The Kier molecular flexibility index (Phi) is 10.9. The molecule has 12 heteroatoms. The number of nitrogens with zero attached hydrogens (tertiary/aromatic N) is 4. The maximum absolute atomic E-state index is 14.0. The van der Waals surface area contributed by atoms with E-state index in [-0.39, 0.29) is 23.8 Å². The summed E-state index contributed by atoms with van der Waals surface area (Å²) in [6.45, 7) is 6.61. The highest BCUT2D eigenvalue weighted by molar-refractivity contribution is 14.2. The third kappa shape index (κ3) is 8.02. The number of carbonyl (C=O) groups excluding carboxylic acids is 3. The number of para-hydroxylation sites is 1. The third-order valence-corrected chi connectivity index (χ3v) is 12.6. The molecule has 5 heterocycles. The fourth-order valence-electron chi connectivity index (χ4n) is 8.03. The summed E-state index contributed by atoms with van der Waals surface area (Å²) in [6, 6.07) is 14.1. The number of nitrogens with one attached hydrogen (secondary N) is 4. The van der Waals surface area contributed by atoms with E-state index in [1.165, 1.54) is 5.56 Å². The Morgan fingerprint density at radius 2 is 1.69 bits per heavy atom. The molecule has 2 aromatic carbocycles. The van der Waals surface area contributed by atoms with Gasteiger partial charge >= 0.3 is 6.03 Å². The molecule has 0 aliphatic carbocycles. The van der Waals surface area contributed by atoms with Gasteiger partial charge in [-0.1, -0.05) is 24.3 Å². The number of hydrogen-bond donors (Lipinski definition) is 4. The van der Waals surface area contributed by atoms with Crippen molar-refractivity contribution in [2.75, 3.05) is 61.2 Å². The lowest BCUT2D eigenvalue weighted by atomic mass is 9.87. The van der Waals surface area contributed by atoms with Crippen molar-refractivity contribution in [3.05, 3.63) is 53.6 Å². The highest BCUT2D eigenvalue weighted by Crippen LogP contribution is 2.37. The molecule has 0 bridgehead atoms. The van der Waals surface area contributed by atoms with Crippen molar-refractivity contribution in [2.24, 2.45) is 15.0 Å². The fraction of sp³-hybridized carbons (Fsp3) is 0.583. The van der Waals surface area contributed by atoms with Gasteiger partial charge in [-0.05, 0) is 99.7 Å². The van der Waals surface area contributed by atoms with E-state index in [0.29, 0.717) is 44.6 Å². The van der Waals surface area contributed by atoms with Crippen molar-refractivity contribution in [1.29, 1.82) is 0 Å². The molecule has 1 unspecified atom stereocenters. The molecule has 5 aliphatic heterocycles. The van der Waals surface area contributed by atoms with Gasteiger partial charge in [-0.25, -0.2) is 7.94 Å². The summed E-state index contributed by atoms with van der Waals surface area (Å²) in [5.74, 6) is 0.662. The van der Waals surface area contributed by atoms with Crippen LogP contribution in [-0.4, -0.2) is 97.0 Å². The largest absolute Gasteiger partial charge is 0.338 e. The second-order valence-electron chi connectivity index (χ2n) is 14.1. The van der Waals surface area contributed by atoms with Gasteiger partial charge in [0, 0.05) is 63.3 Å². The molecule has 11 nitrogen and oxygen atoms in total. The van der Waals surface area contributed by atoms with Gasteiger partial charge in [0.05, 0.1) is 11.4 Å². The standard InChI is InChI=1S/C36H49IN8O3/c46-34-28(9-8-27-3-1-2-4-30(27)39-34)7-5-25-13-17-45(18-14-25)36(48)40-33(24-26-6-10-31-32(23-26)42-37-41-31)35(47)44-21-19-43(20-22-44)29-11-15-38-16-12-29/h1-4,6,10,23,25,28-29,33,38H,5,7-9,11-22,24H2,(H,39,46)(H,40,48)(H,41,42)/t28-,33?/m1/s1. The van der Waals surface area contributed by atoms with Crippen LogP contribution in [0.1, 0.15) is 56.1 Å². The Hall–Kier alpha value is -3.10. The molecule has 4 N–H and O–H groups in total. The Morgan fingerprint density at radius 3 is 2.50 bits per heavy atom. The number of likely N-dealkylation sites (tertiary alicyclic amines) is 1. The van der Waals surface area contributed by atoms with E-state index in [4.69, 9.17) is 0 Å². The summed E-state index contributed by atoms with van der Waals surface area (Å²) in [5.41, 5.74) is 5.20. The van der Waals surface area contributed by atoms with Gasteiger partial charge in [0.1, 0.15) is 27.3 Å². The minimum atomic E-state index is -0.624. The van der Waals surface area contributed by atoms with Crippen molar-refractivity contribution in [3.63, 3.8) is 0 Å². The van der Waals surface area contributed by atoms with Gasteiger partial charge in [0.2, 0.25) is 11.8 Å². The van der Waals surface area contributed by atoms with Gasteiger partial charge in [0.15, 0.2) is 0 Å². The van der Waals surface area contributed by atoms with E-state index in [2.05, 4.69) is 45.7 Å². The molecule has 3 fully saturated rings. The number of anilines is 2. The number of benzene rings is 2. The van der Waals surface area contributed by atoms with Crippen LogP contribution in [0.3, 0.4) is 0 Å². The summed E-state index contributed by atoms with van der Waals surface area (Å²) in [7, 11) is 0. The molecule has 2 atom stereocenters. The van der Waals surface area contributed by atoms with Crippen LogP contribution in [0, 0.1) is 11.8 Å². The van der Waals surface area contributed by atoms with Crippen molar-refractivity contribution >= 4 is 56.2 Å². The molecule has 4 amide bonds. The fourth-order valence-corrected chi connectivity index (χ4v) is 9.53. The minimum absolute atomic E-state index is 0.00927. The Bertz CT molecular complexity index is 1500.